The molecule has 272 valence electrons. The predicted molar refractivity (Wildman–Crippen MR) is 239 cm³/mol. The highest BCUT2D eigenvalue weighted by molar-refractivity contribution is 6.14. The molecule has 3 heterocycles. The van der Waals surface area contributed by atoms with Crippen molar-refractivity contribution in [3.63, 3.8) is 0 Å². The summed E-state index contributed by atoms with van der Waals surface area (Å²) >= 11 is 0. The second-order valence-corrected chi connectivity index (χ2v) is 13.8. The smallest absolute Gasteiger partial charge is 0.143 e. The Morgan fingerprint density at radius 3 is 1.17 bits per heavy atom. The molecule has 4 nitrogen and oxygen atoms in total. The van der Waals surface area contributed by atoms with Crippen LogP contribution in [0.25, 0.3) is 99.2 Å². The van der Waals surface area contributed by atoms with Gasteiger partial charge < -0.3 is 18.2 Å². The van der Waals surface area contributed by atoms with Crippen LogP contribution in [0.5, 0.6) is 0 Å². The number of furan rings is 3. The van der Waals surface area contributed by atoms with Crippen molar-refractivity contribution in [2.75, 3.05) is 4.90 Å². The van der Waals surface area contributed by atoms with Crippen LogP contribution in [-0.2, 0) is 0 Å². The largest absolute Gasteiger partial charge is 0.456 e. The molecule has 3 aromatic heterocycles. The fourth-order valence-electron chi connectivity index (χ4n) is 7.90. The fourth-order valence-corrected chi connectivity index (χ4v) is 7.90. The molecular weight excluding hydrogens is 711 g/mol. The lowest BCUT2D eigenvalue weighted by Gasteiger charge is -2.26. The summed E-state index contributed by atoms with van der Waals surface area (Å²) in [4.78, 5) is 0.822. The van der Waals surface area contributed by atoms with E-state index >= 15 is 0 Å². The zero-order valence-electron chi connectivity index (χ0n) is 42.3. The van der Waals surface area contributed by atoms with E-state index in [4.69, 9.17) is 13.3 Å². The quantitative estimate of drug-likeness (QED) is 0.169. The number of benzene rings is 9. The molecule has 0 aliphatic heterocycles. The first-order chi connectivity index (χ1) is 33.8. The van der Waals surface area contributed by atoms with Gasteiger partial charge in [-0.3, -0.25) is 0 Å². The van der Waals surface area contributed by atoms with Crippen molar-refractivity contribution in [1.29, 1.82) is 0 Å². The molecule has 0 bridgehead atoms. The average molecular weight is 756 g/mol. The Morgan fingerprint density at radius 1 is 0.310 bits per heavy atom. The summed E-state index contributed by atoms with van der Waals surface area (Å²) < 4.78 is 134. The van der Waals surface area contributed by atoms with Gasteiger partial charge in [-0.2, -0.15) is 0 Å². The van der Waals surface area contributed by atoms with Gasteiger partial charge in [0.2, 0.25) is 0 Å². The third-order valence-corrected chi connectivity index (χ3v) is 10.5. The minimum atomic E-state index is -0.727. The molecular formula is C54H33NO3. The molecule has 0 N–H and O–H groups in total. The van der Waals surface area contributed by atoms with Crippen molar-refractivity contribution in [2.24, 2.45) is 0 Å². The van der Waals surface area contributed by atoms with Crippen LogP contribution in [0.1, 0.15) is 16.4 Å². The lowest BCUT2D eigenvalue weighted by Crippen LogP contribution is -2.09. The fraction of sp³-hybridized carbons (Fsp3) is 0. The molecule has 0 saturated carbocycles. The predicted octanol–water partition coefficient (Wildman–Crippen LogP) is 15.9. The molecule has 0 spiro atoms. The highest BCUT2D eigenvalue weighted by atomic mass is 16.3. The zero-order chi connectivity index (χ0) is 48.6. The second-order valence-electron chi connectivity index (χ2n) is 13.8. The molecule has 12 rings (SSSR count). The molecule has 58 heavy (non-hydrogen) atoms. The monoisotopic (exact) mass is 755 g/mol. The summed E-state index contributed by atoms with van der Waals surface area (Å²) in [5.41, 5.74) is 1.41. The first kappa shape index (κ1) is 22.7. The molecule has 0 unspecified atom stereocenters. The Balaban J connectivity index is 1.16. The number of anilines is 3. The van der Waals surface area contributed by atoms with E-state index in [0.717, 1.165) is 10.3 Å². The lowest BCUT2D eigenvalue weighted by molar-refractivity contribution is 0.668. The number of rotatable bonds is 6. The number of nitrogens with zero attached hydrogens (tertiary/aromatic N) is 1. The Labute approximate surface area is 350 Å². The molecule has 0 amide bonds. The van der Waals surface area contributed by atoms with E-state index in [2.05, 4.69) is 0 Å². The summed E-state index contributed by atoms with van der Waals surface area (Å²) in [6.45, 7) is 0. The first-order valence-electron chi connectivity index (χ1n) is 24.6. The first-order valence-corrected chi connectivity index (χ1v) is 18.6. The lowest BCUT2D eigenvalue weighted by atomic mass is 9.98. The van der Waals surface area contributed by atoms with Crippen molar-refractivity contribution in [1.82, 2.24) is 0 Å². The maximum Gasteiger partial charge on any atom is 0.143 e. The standard InChI is InChI=1S/C54H33NO3/c1-4-17-47-43(10-1)44-16-7-15-42(54(44)58-47)36-26-32-39(33-27-36)55(37-28-22-34(23-29-37)40-13-8-20-50-52(40)45-11-2-5-18-48(45)56-50)38-30-24-35(25-31-38)41-14-9-21-51-53(41)46-12-3-6-19-49(46)57-51/h1-33H/i22D,23D,24D,25D,26D,27D,28D,29D,30D,31D,32D,33D. The van der Waals surface area contributed by atoms with Gasteiger partial charge in [0.1, 0.15) is 33.5 Å². The van der Waals surface area contributed by atoms with Gasteiger partial charge in [-0.05, 0) is 94.4 Å². The molecule has 0 aliphatic rings. The highest BCUT2D eigenvalue weighted by Gasteiger charge is 2.18. The Kier molecular flexibility index (Phi) is 5.03. The minimum Gasteiger partial charge on any atom is -0.456 e. The minimum absolute atomic E-state index is 0.111. The van der Waals surface area contributed by atoms with Gasteiger partial charge in [0, 0.05) is 54.9 Å². The van der Waals surface area contributed by atoms with Crippen molar-refractivity contribution in [2.45, 2.75) is 0 Å². The number of hydrogen-bond donors (Lipinski definition) is 0. The highest BCUT2D eigenvalue weighted by Crippen LogP contribution is 2.43. The molecule has 0 fully saturated rings. The van der Waals surface area contributed by atoms with Crippen LogP contribution in [0.4, 0.5) is 17.1 Å². The van der Waals surface area contributed by atoms with Gasteiger partial charge in [-0.25, -0.2) is 0 Å². The summed E-state index contributed by atoms with van der Waals surface area (Å²) in [5, 5.41) is 3.84. The third-order valence-electron chi connectivity index (χ3n) is 10.5. The average Bonchev–Trinajstić information content (AvgIpc) is 4.07. The Bertz CT molecular complexity index is 3980. The maximum absolute atomic E-state index is 9.72. The summed E-state index contributed by atoms with van der Waals surface area (Å²) in [6, 6.07) is 29.2. The molecule has 0 atom stereocenters. The van der Waals surface area contributed by atoms with Gasteiger partial charge in [-0.1, -0.05) is 133 Å². The molecule has 0 aliphatic carbocycles. The van der Waals surface area contributed by atoms with Gasteiger partial charge in [0.15, 0.2) is 0 Å². The molecule has 9 aromatic carbocycles. The van der Waals surface area contributed by atoms with E-state index in [9.17, 15) is 16.4 Å². The van der Waals surface area contributed by atoms with Crippen LogP contribution in [0, 0.1) is 0 Å². The zero-order valence-corrected chi connectivity index (χ0v) is 30.3. The van der Waals surface area contributed by atoms with E-state index in [1.165, 1.54) is 0 Å². The summed E-state index contributed by atoms with van der Waals surface area (Å²) in [6.07, 6.45) is 0. The van der Waals surface area contributed by atoms with Gasteiger partial charge in [-0.15, -0.1) is 0 Å². The van der Waals surface area contributed by atoms with Crippen molar-refractivity contribution in [3.05, 3.63) is 200 Å². The van der Waals surface area contributed by atoms with E-state index in [1.54, 1.807) is 84.9 Å². The van der Waals surface area contributed by atoms with E-state index in [1.807, 2.05) is 42.5 Å². The van der Waals surface area contributed by atoms with Crippen LogP contribution in [0.15, 0.2) is 213 Å². The third kappa shape index (κ3) is 5.09. The van der Waals surface area contributed by atoms with Crippen LogP contribution in [-0.4, -0.2) is 0 Å². The van der Waals surface area contributed by atoms with E-state index in [-0.39, 0.29) is 22.3 Å². The van der Waals surface area contributed by atoms with Gasteiger partial charge >= 0.3 is 0 Å². The molecule has 4 heteroatoms. The van der Waals surface area contributed by atoms with Crippen LogP contribution < -0.4 is 4.90 Å². The van der Waals surface area contributed by atoms with Crippen LogP contribution in [0.2, 0.25) is 0 Å². The van der Waals surface area contributed by atoms with E-state index < -0.39 is 89.6 Å². The SMILES string of the molecule is [2H]c1c([2H])c(N(c2c([2H])c([2H])c(-c3cccc4oc5ccccc5c34)c([2H])c2[2H])c2c([2H])c([2H])c(-c3cccc4oc5ccccc5c34)c([2H])c2[2H])c([2H])c([2H])c1-c1cccc2c1oc1ccccc12. The summed E-state index contributed by atoms with van der Waals surface area (Å²) in [7, 11) is 0. The van der Waals surface area contributed by atoms with Gasteiger partial charge in [0.05, 0.1) is 16.4 Å². The van der Waals surface area contributed by atoms with Gasteiger partial charge in [0.25, 0.3) is 0 Å². The number of para-hydroxylation sites is 4. The van der Waals surface area contributed by atoms with Crippen molar-refractivity contribution in [3.8, 4) is 33.4 Å². The topological polar surface area (TPSA) is 42.7 Å². The van der Waals surface area contributed by atoms with Crippen LogP contribution in [0.3, 0.4) is 0 Å². The number of hydrogen-bond acceptors (Lipinski definition) is 4. The summed E-state index contributed by atoms with van der Waals surface area (Å²) in [5.74, 6) is 0. The number of fused-ring (bicyclic) bond motifs is 9. The maximum atomic E-state index is 9.72. The van der Waals surface area contributed by atoms with E-state index in [0.29, 0.717) is 71.6 Å². The van der Waals surface area contributed by atoms with Crippen molar-refractivity contribution < 1.29 is 29.7 Å². The van der Waals surface area contributed by atoms with Crippen molar-refractivity contribution >= 4 is 82.9 Å². The Hall–Kier alpha value is -7.82. The molecule has 0 saturated heterocycles. The molecule has 0 radical (unpaired) electrons. The van der Waals surface area contributed by atoms with Crippen LogP contribution >= 0.6 is 0 Å². The second kappa shape index (κ2) is 12.9. The molecule has 12 aromatic rings. The normalized spacial score (nSPS) is 14.7. The Morgan fingerprint density at radius 2 is 0.672 bits per heavy atom.